The van der Waals surface area contributed by atoms with Gasteiger partial charge in [-0.1, -0.05) is 170 Å². The van der Waals surface area contributed by atoms with E-state index in [0.29, 0.717) is 5.92 Å². The number of aromatic nitrogens is 2. The second-order valence-corrected chi connectivity index (χ2v) is 17.6. The number of fused-ring (bicyclic) bond motifs is 12. The Hall–Kier alpha value is -8.20. The number of benzene rings is 10. The fourth-order valence-corrected chi connectivity index (χ4v) is 11.0. The highest BCUT2D eigenvalue weighted by Gasteiger charge is 2.25. The fourth-order valence-electron chi connectivity index (χ4n) is 11.0. The van der Waals surface area contributed by atoms with Gasteiger partial charge in [0.05, 0.1) is 27.6 Å². The van der Waals surface area contributed by atoms with Gasteiger partial charge in [0.25, 0.3) is 0 Å². The standard InChI is InChI=1S/C62H40N2/c1-4-12-39(13-5-1)41-20-24-43(25-21-41)45-28-30-47-34-53-55-38-54-52-18-10-11-19-57(52)63(51-16-8-3-9-17-51)61(54)60-56-35-48-31-29-46(44-26-22-42(23-27-44)40-14-6-2-7-15-40)33-50(48)37-59(56)64(62(55)60)58(53)36-49(47)32-45/h1-26,28-38,44H,27H2. The van der Waals surface area contributed by atoms with Crippen molar-refractivity contribution < 1.29 is 0 Å². The van der Waals surface area contributed by atoms with Gasteiger partial charge in [-0.25, -0.2) is 0 Å². The molecular weight excluding hydrogens is 773 g/mol. The summed E-state index contributed by atoms with van der Waals surface area (Å²) in [6.07, 6.45) is 8.09. The first-order valence-electron chi connectivity index (χ1n) is 22.4. The zero-order valence-electron chi connectivity index (χ0n) is 35.0. The summed E-state index contributed by atoms with van der Waals surface area (Å²) in [5, 5.41) is 12.8. The molecule has 0 fully saturated rings. The third kappa shape index (κ3) is 5.26. The van der Waals surface area contributed by atoms with Gasteiger partial charge in [0.1, 0.15) is 0 Å². The summed E-state index contributed by atoms with van der Waals surface area (Å²) in [6, 6.07) is 76.6. The molecular formula is C62H40N2. The van der Waals surface area contributed by atoms with Gasteiger partial charge in [0, 0.05) is 43.9 Å². The van der Waals surface area contributed by atoms with Crippen LogP contribution in [0.4, 0.5) is 0 Å². The molecule has 1 aliphatic rings. The summed E-state index contributed by atoms with van der Waals surface area (Å²) >= 11 is 0. The molecule has 0 amide bonds. The summed E-state index contributed by atoms with van der Waals surface area (Å²) in [5.74, 6) is 0.331. The molecule has 0 aliphatic heterocycles. The molecule has 3 aromatic heterocycles. The zero-order chi connectivity index (χ0) is 41.9. The summed E-state index contributed by atoms with van der Waals surface area (Å²) in [6.45, 7) is 0. The third-order valence-corrected chi connectivity index (χ3v) is 14.1. The van der Waals surface area contributed by atoms with Gasteiger partial charge in [-0.05, 0) is 122 Å². The minimum absolute atomic E-state index is 0.331. The Balaban J connectivity index is 1.01. The topological polar surface area (TPSA) is 9.34 Å². The van der Waals surface area contributed by atoms with Crippen molar-refractivity contribution in [3.05, 3.63) is 236 Å². The van der Waals surface area contributed by atoms with E-state index >= 15 is 0 Å². The highest BCUT2D eigenvalue weighted by Crippen LogP contribution is 2.48. The maximum atomic E-state index is 2.59. The second-order valence-electron chi connectivity index (χ2n) is 17.6. The molecule has 1 unspecified atom stereocenters. The predicted molar refractivity (Wildman–Crippen MR) is 272 cm³/mol. The lowest BCUT2D eigenvalue weighted by Gasteiger charge is -2.17. The van der Waals surface area contributed by atoms with E-state index in [4.69, 9.17) is 0 Å². The number of rotatable bonds is 5. The molecule has 10 aromatic carbocycles. The Morgan fingerprint density at radius 1 is 0.375 bits per heavy atom. The van der Waals surface area contributed by atoms with E-state index in [-0.39, 0.29) is 0 Å². The molecule has 0 saturated heterocycles. The lowest BCUT2D eigenvalue weighted by molar-refractivity contribution is 0.858. The molecule has 298 valence electrons. The molecule has 0 N–H and O–H groups in total. The van der Waals surface area contributed by atoms with Crippen LogP contribution >= 0.6 is 0 Å². The first kappa shape index (κ1) is 35.4. The number of hydrogen-bond donors (Lipinski definition) is 0. The van der Waals surface area contributed by atoms with Crippen molar-refractivity contribution in [2.75, 3.05) is 0 Å². The van der Waals surface area contributed by atoms with Crippen LogP contribution in [0.15, 0.2) is 224 Å². The molecule has 0 bridgehead atoms. The molecule has 0 spiro atoms. The van der Waals surface area contributed by atoms with Crippen LogP contribution in [0.1, 0.15) is 23.5 Å². The van der Waals surface area contributed by atoms with Crippen molar-refractivity contribution >= 4 is 87.0 Å². The molecule has 3 heterocycles. The van der Waals surface area contributed by atoms with Gasteiger partial charge in [0.15, 0.2) is 0 Å². The molecule has 2 heteroatoms. The monoisotopic (exact) mass is 812 g/mol. The number of hydrogen-bond acceptors (Lipinski definition) is 0. The average molecular weight is 813 g/mol. The third-order valence-electron chi connectivity index (χ3n) is 14.1. The van der Waals surface area contributed by atoms with Crippen LogP contribution < -0.4 is 0 Å². The molecule has 1 atom stereocenters. The van der Waals surface area contributed by atoms with Crippen molar-refractivity contribution in [2.24, 2.45) is 0 Å². The first-order valence-corrected chi connectivity index (χ1v) is 22.4. The molecule has 0 saturated carbocycles. The highest BCUT2D eigenvalue weighted by molar-refractivity contribution is 6.35. The van der Waals surface area contributed by atoms with Gasteiger partial charge in [-0.15, -0.1) is 0 Å². The minimum atomic E-state index is 0.331. The van der Waals surface area contributed by atoms with Crippen LogP contribution in [0.2, 0.25) is 0 Å². The van der Waals surface area contributed by atoms with Crippen molar-refractivity contribution in [3.63, 3.8) is 0 Å². The number of allylic oxidation sites excluding steroid dienone is 4. The van der Waals surface area contributed by atoms with Crippen LogP contribution in [-0.2, 0) is 0 Å². The van der Waals surface area contributed by atoms with Crippen molar-refractivity contribution in [1.82, 2.24) is 8.97 Å². The smallest absolute Gasteiger partial charge is 0.0642 e. The maximum Gasteiger partial charge on any atom is 0.0642 e. The first-order chi connectivity index (χ1) is 31.7. The molecule has 13 aromatic rings. The van der Waals surface area contributed by atoms with E-state index in [2.05, 4.69) is 233 Å². The summed E-state index contributed by atoms with van der Waals surface area (Å²) in [7, 11) is 0. The molecule has 1 aliphatic carbocycles. The Labute approximate surface area is 370 Å². The van der Waals surface area contributed by atoms with Crippen LogP contribution in [0.5, 0.6) is 0 Å². The lowest BCUT2D eigenvalue weighted by Crippen LogP contribution is -1.98. The summed E-state index contributed by atoms with van der Waals surface area (Å²) in [5.41, 5.74) is 16.3. The van der Waals surface area contributed by atoms with E-state index < -0.39 is 0 Å². The van der Waals surface area contributed by atoms with E-state index in [1.54, 1.807) is 0 Å². The fraction of sp³-hybridized carbons (Fsp3) is 0.0323. The van der Waals surface area contributed by atoms with Crippen LogP contribution in [0.3, 0.4) is 0 Å². The van der Waals surface area contributed by atoms with E-state index in [0.717, 1.165) is 6.42 Å². The van der Waals surface area contributed by atoms with Gasteiger partial charge in [-0.3, -0.25) is 0 Å². The van der Waals surface area contributed by atoms with Crippen LogP contribution in [0.25, 0.3) is 115 Å². The molecule has 14 rings (SSSR count). The van der Waals surface area contributed by atoms with E-state index in [9.17, 15) is 0 Å². The average Bonchev–Trinajstić information content (AvgIpc) is 3.99. The largest absolute Gasteiger partial charge is 0.309 e. The number of nitrogens with zero attached hydrogens (tertiary/aromatic N) is 2. The lowest BCUT2D eigenvalue weighted by atomic mass is 9.87. The second kappa shape index (κ2) is 13.6. The summed E-state index contributed by atoms with van der Waals surface area (Å²) in [4.78, 5) is 0. The Morgan fingerprint density at radius 2 is 0.969 bits per heavy atom. The van der Waals surface area contributed by atoms with Gasteiger partial charge < -0.3 is 8.97 Å². The molecule has 2 nitrogen and oxygen atoms in total. The van der Waals surface area contributed by atoms with Crippen molar-refractivity contribution in [1.29, 1.82) is 0 Å². The maximum absolute atomic E-state index is 2.59. The normalized spacial score (nSPS) is 14.4. The SMILES string of the molecule is C1=CC(c2ccc3cc4c5c6c(cc7c8cc9ccc(-c%10ccc(-c%11ccccc%11)cc%10)cc9cc8n(c4cc3c2)c75)c2ccccc2n6-c2ccccc2)CC=C1c1ccccc1. The van der Waals surface area contributed by atoms with Gasteiger partial charge in [-0.2, -0.15) is 0 Å². The van der Waals surface area contributed by atoms with Gasteiger partial charge in [0.2, 0.25) is 0 Å². The molecule has 0 radical (unpaired) electrons. The van der Waals surface area contributed by atoms with E-state index in [1.807, 2.05) is 0 Å². The Bertz CT molecular complexity index is 4060. The van der Waals surface area contributed by atoms with Crippen LogP contribution in [-0.4, -0.2) is 8.97 Å². The van der Waals surface area contributed by atoms with E-state index in [1.165, 1.54) is 126 Å². The Morgan fingerprint density at radius 3 is 1.72 bits per heavy atom. The van der Waals surface area contributed by atoms with Crippen molar-refractivity contribution in [2.45, 2.75) is 12.3 Å². The molecule has 64 heavy (non-hydrogen) atoms. The van der Waals surface area contributed by atoms with Crippen molar-refractivity contribution in [3.8, 4) is 27.9 Å². The predicted octanol–water partition coefficient (Wildman–Crippen LogP) is 16.7. The van der Waals surface area contributed by atoms with Crippen LogP contribution in [0, 0.1) is 0 Å². The minimum Gasteiger partial charge on any atom is -0.309 e. The summed E-state index contributed by atoms with van der Waals surface area (Å²) < 4.78 is 5.09. The zero-order valence-corrected chi connectivity index (χ0v) is 35.0. The highest BCUT2D eigenvalue weighted by atomic mass is 15.0. The number of para-hydroxylation sites is 2. The quantitative estimate of drug-likeness (QED) is 0.164. The van der Waals surface area contributed by atoms with Gasteiger partial charge >= 0.3 is 0 Å². The Kier molecular flexibility index (Phi) is 7.55.